The minimum atomic E-state index is -1.12. The third-order valence-electron chi connectivity index (χ3n) is 3.58. The average molecular weight is 317 g/mol. The SMILES string of the molecule is CC(C)C1CC(O)(c2cccc(Br)c2F)CCO1. The predicted molar refractivity (Wildman–Crippen MR) is 71.8 cm³/mol. The van der Waals surface area contributed by atoms with Gasteiger partial charge in [0.2, 0.25) is 0 Å². The monoisotopic (exact) mass is 316 g/mol. The van der Waals surface area contributed by atoms with E-state index < -0.39 is 5.60 Å². The van der Waals surface area contributed by atoms with Gasteiger partial charge in [-0.3, -0.25) is 0 Å². The van der Waals surface area contributed by atoms with Crippen molar-refractivity contribution >= 4 is 15.9 Å². The van der Waals surface area contributed by atoms with Crippen LogP contribution >= 0.6 is 15.9 Å². The van der Waals surface area contributed by atoms with E-state index in [1.54, 1.807) is 18.2 Å². The predicted octanol–water partition coefficient (Wildman–Crippen LogP) is 3.61. The smallest absolute Gasteiger partial charge is 0.143 e. The van der Waals surface area contributed by atoms with Crippen LogP contribution in [0.1, 0.15) is 32.3 Å². The van der Waals surface area contributed by atoms with E-state index in [0.717, 1.165) is 0 Å². The molecule has 18 heavy (non-hydrogen) atoms. The van der Waals surface area contributed by atoms with E-state index in [2.05, 4.69) is 15.9 Å². The first-order chi connectivity index (χ1) is 8.44. The minimum absolute atomic E-state index is 0.0258. The van der Waals surface area contributed by atoms with Crippen molar-refractivity contribution in [2.45, 2.75) is 38.4 Å². The summed E-state index contributed by atoms with van der Waals surface area (Å²) in [6.07, 6.45) is 0.851. The lowest BCUT2D eigenvalue weighted by Crippen LogP contribution is -2.41. The summed E-state index contributed by atoms with van der Waals surface area (Å²) in [6, 6.07) is 5.05. The van der Waals surface area contributed by atoms with Gasteiger partial charge in [0.25, 0.3) is 0 Å². The second-order valence-corrected chi connectivity index (χ2v) is 6.09. The molecule has 1 N–H and O–H groups in total. The third-order valence-corrected chi connectivity index (χ3v) is 4.20. The Labute approximate surface area is 115 Å². The average Bonchev–Trinajstić information content (AvgIpc) is 2.32. The standard InChI is InChI=1S/C14H18BrFO2/c1-9(2)12-8-14(17,6-7-18-12)10-4-3-5-11(15)13(10)16/h3-5,9,12,17H,6-8H2,1-2H3. The molecule has 0 saturated carbocycles. The third kappa shape index (κ3) is 2.60. The molecule has 1 saturated heterocycles. The molecule has 2 rings (SSSR count). The Morgan fingerprint density at radius 2 is 2.22 bits per heavy atom. The Balaban J connectivity index is 2.33. The highest BCUT2D eigenvalue weighted by Crippen LogP contribution is 2.39. The van der Waals surface area contributed by atoms with Gasteiger partial charge in [-0.1, -0.05) is 26.0 Å². The summed E-state index contributed by atoms with van der Waals surface area (Å²) in [7, 11) is 0. The van der Waals surface area contributed by atoms with E-state index in [9.17, 15) is 9.50 Å². The highest BCUT2D eigenvalue weighted by Gasteiger charge is 2.39. The number of ether oxygens (including phenoxy) is 1. The van der Waals surface area contributed by atoms with Crippen molar-refractivity contribution in [3.63, 3.8) is 0 Å². The molecule has 1 aromatic carbocycles. The molecule has 1 aliphatic heterocycles. The van der Waals surface area contributed by atoms with Gasteiger partial charge in [-0.05, 0) is 27.9 Å². The summed E-state index contributed by atoms with van der Waals surface area (Å²) in [5.41, 5.74) is -0.757. The maximum atomic E-state index is 14.1. The van der Waals surface area contributed by atoms with E-state index in [4.69, 9.17) is 4.74 Å². The maximum Gasteiger partial charge on any atom is 0.143 e. The van der Waals surface area contributed by atoms with Gasteiger partial charge in [0.15, 0.2) is 0 Å². The van der Waals surface area contributed by atoms with Crippen LogP contribution in [-0.4, -0.2) is 17.8 Å². The van der Waals surface area contributed by atoms with Crippen LogP contribution in [0.15, 0.2) is 22.7 Å². The van der Waals surface area contributed by atoms with Gasteiger partial charge in [0.1, 0.15) is 5.82 Å². The van der Waals surface area contributed by atoms with Crippen molar-refractivity contribution in [1.29, 1.82) is 0 Å². The van der Waals surface area contributed by atoms with Crippen molar-refractivity contribution < 1.29 is 14.2 Å². The van der Waals surface area contributed by atoms with Crippen LogP contribution in [0.5, 0.6) is 0 Å². The molecular formula is C14H18BrFO2. The molecule has 0 aliphatic carbocycles. The normalized spacial score (nSPS) is 28.7. The number of rotatable bonds is 2. The number of halogens is 2. The van der Waals surface area contributed by atoms with Crippen molar-refractivity contribution in [2.24, 2.45) is 5.92 Å². The molecule has 0 radical (unpaired) electrons. The Bertz CT molecular complexity index is 436. The fraction of sp³-hybridized carbons (Fsp3) is 0.571. The summed E-state index contributed by atoms with van der Waals surface area (Å²) >= 11 is 3.16. The van der Waals surface area contributed by atoms with E-state index in [1.807, 2.05) is 13.8 Å². The van der Waals surface area contributed by atoms with Crippen molar-refractivity contribution in [1.82, 2.24) is 0 Å². The van der Waals surface area contributed by atoms with Crippen LogP contribution in [-0.2, 0) is 10.3 Å². The zero-order chi connectivity index (χ0) is 13.3. The van der Waals surface area contributed by atoms with Crippen molar-refractivity contribution in [3.8, 4) is 0 Å². The van der Waals surface area contributed by atoms with E-state index in [1.165, 1.54) is 0 Å². The molecule has 0 aromatic heterocycles. The number of aliphatic hydroxyl groups is 1. The molecule has 100 valence electrons. The summed E-state index contributed by atoms with van der Waals surface area (Å²) < 4.78 is 20.1. The number of hydrogen-bond acceptors (Lipinski definition) is 2. The van der Waals surface area contributed by atoms with Gasteiger partial charge in [-0.2, -0.15) is 0 Å². The van der Waals surface area contributed by atoms with Crippen molar-refractivity contribution in [3.05, 3.63) is 34.1 Å². The van der Waals surface area contributed by atoms with Gasteiger partial charge in [-0.25, -0.2) is 4.39 Å². The van der Waals surface area contributed by atoms with Crippen molar-refractivity contribution in [2.75, 3.05) is 6.61 Å². The van der Waals surface area contributed by atoms with Crippen LogP contribution in [0.2, 0.25) is 0 Å². The molecule has 0 amide bonds. The zero-order valence-corrected chi connectivity index (χ0v) is 12.2. The van der Waals surface area contributed by atoms with Gasteiger partial charge < -0.3 is 9.84 Å². The molecule has 1 aromatic rings. The quantitative estimate of drug-likeness (QED) is 0.903. The van der Waals surface area contributed by atoms with Gasteiger partial charge in [0.05, 0.1) is 22.8 Å². The molecule has 0 spiro atoms. The lowest BCUT2D eigenvalue weighted by atomic mass is 9.81. The van der Waals surface area contributed by atoms with E-state index in [0.29, 0.717) is 35.4 Å². The second kappa shape index (κ2) is 5.27. The Morgan fingerprint density at radius 1 is 1.50 bits per heavy atom. The van der Waals surface area contributed by atoms with Crippen LogP contribution < -0.4 is 0 Å². The Kier molecular flexibility index (Phi) is 4.09. The first kappa shape index (κ1) is 14.0. The van der Waals surface area contributed by atoms with Crippen LogP contribution in [0.3, 0.4) is 0 Å². The van der Waals surface area contributed by atoms with Crippen LogP contribution in [0, 0.1) is 11.7 Å². The highest BCUT2D eigenvalue weighted by atomic mass is 79.9. The van der Waals surface area contributed by atoms with Gasteiger partial charge in [-0.15, -0.1) is 0 Å². The lowest BCUT2D eigenvalue weighted by molar-refractivity contribution is -0.122. The summed E-state index contributed by atoms with van der Waals surface area (Å²) in [5.74, 6) is -0.0588. The largest absolute Gasteiger partial charge is 0.385 e. The zero-order valence-electron chi connectivity index (χ0n) is 10.6. The number of benzene rings is 1. The first-order valence-electron chi connectivity index (χ1n) is 6.22. The topological polar surface area (TPSA) is 29.5 Å². The summed E-state index contributed by atoms with van der Waals surface area (Å²) in [4.78, 5) is 0. The summed E-state index contributed by atoms with van der Waals surface area (Å²) in [6.45, 7) is 4.56. The highest BCUT2D eigenvalue weighted by molar-refractivity contribution is 9.10. The Morgan fingerprint density at radius 3 is 2.89 bits per heavy atom. The fourth-order valence-corrected chi connectivity index (χ4v) is 2.78. The lowest BCUT2D eigenvalue weighted by Gasteiger charge is -2.39. The first-order valence-corrected chi connectivity index (χ1v) is 7.02. The van der Waals surface area contributed by atoms with Crippen LogP contribution in [0.25, 0.3) is 0 Å². The molecule has 2 nitrogen and oxygen atoms in total. The minimum Gasteiger partial charge on any atom is -0.385 e. The molecule has 1 fully saturated rings. The van der Waals surface area contributed by atoms with Gasteiger partial charge >= 0.3 is 0 Å². The molecule has 0 bridgehead atoms. The van der Waals surface area contributed by atoms with Crippen LogP contribution in [0.4, 0.5) is 4.39 Å². The molecule has 1 heterocycles. The summed E-state index contributed by atoms with van der Waals surface area (Å²) in [5, 5.41) is 10.7. The van der Waals surface area contributed by atoms with E-state index >= 15 is 0 Å². The molecule has 1 aliphatic rings. The van der Waals surface area contributed by atoms with E-state index in [-0.39, 0.29) is 11.9 Å². The number of hydrogen-bond donors (Lipinski definition) is 1. The van der Waals surface area contributed by atoms with Gasteiger partial charge in [0, 0.05) is 18.4 Å². The molecule has 2 unspecified atom stereocenters. The Hall–Kier alpha value is -0.450. The fourth-order valence-electron chi connectivity index (χ4n) is 2.41. The molecular weight excluding hydrogens is 299 g/mol. The second-order valence-electron chi connectivity index (χ2n) is 5.24. The maximum absolute atomic E-state index is 14.1. The molecule has 4 heteroatoms. The molecule has 2 atom stereocenters.